The van der Waals surface area contributed by atoms with Gasteiger partial charge in [0.2, 0.25) is 0 Å². The Hall–Kier alpha value is -4.58. The van der Waals surface area contributed by atoms with Gasteiger partial charge in [0.15, 0.2) is 0 Å². The van der Waals surface area contributed by atoms with Gasteiger partial charge in [-0.15, -0.1) is 0 Å². The molecule has 1 aliphatic rings. The molecule has 0 spiro atoms. The van der Waals surface area contributed by atoms with Gasteiger partial charge in [-0.2, -0.15) is 0 Å². The fourth-order valence-electron chi connectivity index (χ4n) is 5.67. The zero-order valence-electron chi connectivity index (χ0n) is 24.0. The molecule has 0 saturated heterocycles. The second kappa shape index (κ2) is 12.4. The second-order valence-electron chi connectivity index (χ2n) is 10.3. The molecule has 0 nitrogen and oxygen atoms in total. The van der Waals surface area contributed by atoms with Gasteiger partial charge in [0.25, 0.3) is 0 Å². The molecule has 49 heavy (non-hydrogen) atoms. The zero-order chi connectivity index (χ0) is 36.6. The number of benzene rings is 4. The maximum atomic E-state index is 16.2. The summed E-state index contributed by atoms with van der Waals surface area (Å²) in [6.45, 7) is 2.54. The van der Waals surface area contributed by atoms with E-state index in [1.54, 1.807) is 0 Å². The molecule has 0 aliphatic carbocycles. The molecule has 0 saturated carbocycles. The standard InChI is InChI=1S/C32H10F16Ge/c1-3-49(4-2)31-13(23(41)15(33)11(21(31)39)7-5-9-17(35)25(43)29(47)26(44)18(9)36)14-24(42)16(34)12(22(40)32(14)49)8-6-10-19(37)27(45)30(48)28(46)20(10)38/h3-4H2,1-2H3. The minimum atomic E-state index is -5.04. The van der Waals surface area contributed by atoms with E-state index in [4.69, 9.17) is 0 Å². The van der Waals surface area contributed by atoms with E-state index in [2.05, 4.69) is 0 Å². The molecule has 0 fully saturated rings. The van der Waals surface area contributed by atoms with Crippen molar-refractivity contribution in [2.45, 2.75) is 24.4 Å². The molecule has 0 amide bonds. The summed E-state index contributed by atoms with van der Waals surface area (Å²) in [5.41, 5.74) is -9.67. The van der Waals surface area contributed by atoms with Crippen molar-refractivity contribution in [1.82, 2.24) is 0 Å². The number of hydrogen-bond acceptors (Lipinski definition) is 0. The Balaban J connectivity index is 1.82. The zero-order valence-corrected chi connectivity index (χ0v) is 26.1. The summed E-state index contributed by atoms with van der Waals surface area (Å²) in [5, 5.41) is -0.703. The van der Waals surface area contributed by atoms with E-state index in [1.165, 1.54) is 37.5 Å². The van der Waals surface area contributed by atoms with Crippen molar-refractivity contribution in [3.8, 4) is 34.8 Å². The topological polar surface area (TPSA) is 0 Å². The van der Waals surface area contributed by atoms with Crippen LogP contribution in [-0.4, -0.2) is 13.3 Å². The van der Waals surface area contributed by atoms with Gasteiger partial charge in [0.1, 0.15) is 0 Å². The van der Waals surface area contributed by atoms with Crippen LogP contribution in [0.5, 0.6) is 0 Å². The molecule has 1 aliphatic heterocycles. The van der Waals surface area contributed by atoms with Crippen LogP contribution in [0.3, 0.4) is 0 Å². The van der Waals surface area contributed by atoms with E-state index in [9.17, 15) is 43.9 Å². The Labute approximate surface area is 266 Å². The average Bonchev–Trinajstić information content (AvgIpc) is 3.40. The van der Waals surface area contributed by atoms with E-state index >= 15 is 26.3 Å². The van der Waals surface area contributed by atoms with Crippen LogP contribution in [0.25, 0.3) is 11.1 Å². The summed E-state index contributed by atoms with van der Waals surface area (Å²) >= 11 is -5.04. The minimum absolute atomic E-state index is 0.352. The molecule has 0 atom stereocenters. The van der Waals surface area contributed by atoms with Crippen LogP contribution in [0.2, 0.25) is 10.5 Å². The third-order valence-electron chi connectivity index (χ3n) is 8.10. The summed E-state index contributed by atoms with van der Waals surface area (Å²) in [6.07, 6.45) is 0. The summed E-state index contributed by atoms with van der Waals surface area (Å²) in [4.78, 5) is 0. The molecule has 254 valence electrons. The van der Waals surface area contributed by atoms with Gasteiger partial charge in [-0.1, -0.05) is 0 Å². The molecule has 4 aromatic carbocycles. The van der Waals surface area contributed by atoms with Crippen molar-refractivity contribution < 1.29 is 70.2 Å². The van der Waals surface area contributed by atoms with Gasteiger partial charge >= 0.3 is 267 Å². The third kappa shape index (κ3) is 4.89. The van der Waals surface area contributed by atoms with Crippen LogP contribution in [0.1, 0.15) is 36.1 Å². The summed E-state index contributed by atoms with van der Waals surface area (Å²) in [5.74, 6) is -32.2. The van der Waals surface area contributed by atoms with Crippen molar-refractivity contribution >= 4 is 22.1 Å². The van der Waals surface area contributed by atoms with Crippen LogP contribution >= 0.6 is 0 Å². The first kappa shape index (κ1) is 35.7. The summed E-state index contributed by atoms with van der Waals surface area (Å²) < 4.78 is 231. The van der Waals surface area contributed by atoms with Gasteiger partial charge in [-0.05, 0) is 0 Å². The quantitative estimate of drug-likeness (QED) is 0.0633. The fourth-order valence-corrected chi connectivity index (χ4v) is 15.5. The number of hydrogen-bond donors (Lipinski definition) is 0. The predicted molar refractivity (Wildman–Crippen MR) is 142 cm³/mol. The fraction of sp³-hybridized carbons (Fsp3) is 0.125. The third-order valence-corrected chi connectivity index (χ3v) is 19.2. The Morgan fingerprint density at radius 1 is 0.306 bits per heavy atom. The molecule has 0 unspecified atom stereocenters. The van der Waals surface area contributed by atoms with Crippen LogP contribution < -0.4 is 8.79 Å². The van der Waals surface area contributed by atoms with E-state index in [-0.39, 0.29) is 10.5 Å². The molecule has 0 aromatic heterocycles. The normalized spacial score (nSPS) is 12.7. The van der Waals surface area contributed by atoms with Gasteiger partial charge in [0, 0.05) is 0 Å². The first-order chi connectivity index (χ1) is 22.9. The van der Waals surface area contributed by atoms with Crippen molar-refractivity contribution in [2.75, 3.05) is 0 Å². The Morgan fingerprint density at radius 3 is 0.755 bits per heavy atom. The van der Waals surface area contributed by atoms with Gasteiger partial charge in [-0.3, -0.25) is 0 Å². The molecule has 0 N–H and O–H groups in total. The number of fused-ring (bicyclic) bond motifs is 3. The number of rotatable bonds is 2. The van der Waals surface area contributed by atoms with E-state index in [0.717, 1.165) is 0 Å². The Bertz CT molecular complexity index is 2070. The van der Waals surface area contributed by atoms with Gasteiger partial charge in [-0.25, -0.2) is 0 Å². The number of halogens is 16. The van der Waals surface area contributed by atoms with Crippen LogP contribution in [0.15, 0.2) is 0 Å². The average molecular weight is 771 g/mol. The van der Waals surface area contributed by atoms with Crippen molar-refractivity contribution in [3.63, 3.8) is 0 Å². The maximum absolute atomic E-state index is 16.2. The van der Waals surface area contributed by atoms with Crippen molar-refractivity contribution in [3.05, 3.63) is 115 Å². The van der Waals surface area contributed by atoms with E-state index < -0.39 is 149 Å². The molecule has 17 heteroatoms. The molecule has 0 radical (unpaired) electrons. The SMILES string of the molecule is C[CH2][Ge]1([CH2]C)[c]2c(F)c(C#Cc3c(F)c(F)c(F)c(F)c3F)c(F)c(F)c2-c2c(F)c(F)c(C#Cc3c(F)c(F)c(F)c(F)c3F)c(F)[c]21. The summed E-state index contributed by atoms with van der Waals surface area (Å²) in [6, 6.07) is 0. The van der Waals surface area contributed by atoms with Crippen LogP contribution in [-0.2, 0) is 0 Å². The van der Waals surface area contributed by atoms with E-state index in [1.807, 2.05) is 0 Å². The van der Waals surface area contributed by atoms with Crippen LogP contribution in [0.4, 0.5) is 70.2 Å². The van der Waals surface area contributed by atoms with Crippen molar-refractivity contribution in [2.24, 2.45) is 0 Å². The molecule has 1 heterocycles. The molecule has 0 bridgehead atoms. The summed E-state index contributed by atoms with van der Waals surface area (Å²) in [7, 11) is 0. The molecule has 4 aromatic rings. The first-order valence-corrected chi connectivity index (χ1v) is 18.5. The van der Waals surface area contributed by atoms with E-state index in [0.29, 0.717) is 0 Å². The van der Waals surface area contributed by atoms with Crippen LogP contribution in [0, 0.1) is 117 Å². The molecule has 5 rings (SSSR count). The Kier molecular flexibility index (Phi) is 9.03. The molecular formula is C32H10F16Ge. The predicted octanol–water partition coefficient (Wildman–Crippen LogP) is 8.30. The van der Waals surface area contributed by atoms with Crippen molar-refractivity contribution in [1.29, 1.82) is 0 Å². The monoisotopic (exact) mass is 772 g/mol. The second-order valence-corrected chi connectivity index (χ2v) is 19.9. The Morgan fingerprint density at radius 2 is 0.510 bits per heavy atom. The molecular weight excluding hydrogens is 761 g/mol. The van der Waals surface area contributed by atoms with Gasteiger partial charge < -0.3 is 0 Å². The van der Waals surface area contributed by atoms with Gasteiger partial charge in [0.05, 0.1) is 0 Å². The first-order valence-electron chi connectivity index (χ1n) is 13.4.